The highest BCUT2D eigenvalue weighted by molar-refractivity contribution is 5.94. The summed E-state index contributed by atoms with van der Waals surface area (Å²) in [6, 6.07) is 28.8. The van der Waals surface area contributed by atoms with Gasteiger partial charge in [0.15, 0.2) is 5.82 Å². The van der Waals surface area contributed by atoms with E-state index in [4.69, 9.17) is 0 Å². The Kier molecular flexibility index (Phi) is 5.58. The number of carbonyl (C=O) groups is 1. The molecule has 0 fully saturated rings. The van der Waals surface area contributed by atoms with Gasteiger partial charge in [-0.1, -0.05) is 60.7 Å². The van der Waals surface area contributed by atoms with E-state index in [1.807, 2.05) is 78.9 Å². The van der Waals surface area contributed by atoms with Crippen LogP contribution in [0.4, 0.5) is 11.5 Å². The monoisotopic (exact) mass is 380 g/mol. The Morgan fingerprint density at radius 2 is 1.48 bits per heavy atom. The molecule has 0 atom stereocenters. The average molecular weight is 380 g/mol. The zero-order valence-electron chi connectivity index (χ0n) is 15.7. The molecule has 0 saturated carbocycles. The number of carbonyl (C=O) groups excluding carboxylic acids is 1. The lowest BCUT2D eigenvalue weighted by molar-refractivity contribution is 0.0951. The normalized spacial score (nSPS) is 10.3. The van der Waals surface area contributed by atoms with Crippen LogP contribution < -0.4 is 10.6 Å². The van der Waals surface area contributed by atoms with Crippen LogP contribution in [-0.2, 0) is 6.54 Å². The predicted octanol–water partition coefficient (Wildman–Crippen LogP) is 4.82. The molecule has 5 nitrogen and oxygen atoms in total. The minimum atomic E-state index is -0.103. The molecule has 142 valence electrons. The molecule has 1 amide bonds. The molecule has 29 heavy (non-hydrogen) atoms. The molecule has 0 aliphatic heterocycles. The van der Waals surface area contributed by atoms with Crippen molar-refractivity contribution in [2.45, 2.75) is 6.54 Å². The largest absolute Gasteiger partial charge is 0.348 e. The number of amides is 1. The van der Waals surface area contributed by atoms with Crippen LogP contribution in [-0.4, -0.2) is 15.9 Å². The van der Waals surface area contributed by atoms with Crippen molar-refractivity contribution in [3.8, 4) is 11.4 Å². The Hall–Kier alpha value is -3.99. The van der Waals surface area contributed by atoms with Crippen molar-refractivity contribution in [2.24, 2.45) is 0 Å². The molecule has 0 unspecified atom stereocenters. The summed E-state index contributed by atoms with van der Waals surface area (Å²) in [5.41, 5.74) is 3.49. The van der Waals surface area contributed by atoms with Gasteiger partial charge >= 0.3 is 0 Å². The molecule has 1 aromatic heterocycles. The summed E-state index contributed by atoms with van der Waals surface area (Å²) in [5, 5.41) is 6.19. The van der Waals surface area contributed by atoms with E-state index in [2.05, 4.69) is 20.6 Å². The number of nitrogens with one attached hydrogen (secondary N) is 2. The first-order chi connectivity index (χ1) is 14.3. The van der Waals surface area contributed by atoms with Gasteiger partial charge in [-0.05, 0) is 35.9 Å². The lowest BCUT2D eigenvalue weighted by Crippen LogP contribution is -2.22. The fraction of sp³-hybridized carbons (Fsp3) is 0.0417. The summed E-state index contributed by atoms with van der Waals surface area (Å²) in [6.45, 7) is 0.503. The molecule has 4 rings (SSSR count). The molecule has 0 saturated heterocycles. The molecule has 0 aliphatic carbocycles. The number of anilines is 2. The van der Waals surface area contributed by atoms with Crippen molar-refractivity contribution in [3.63, 3.8) is 0 Å². The molecule has 0 bridgehead atoms. The molecule has 3 aromatic carbocycles. The SMILES string of the molecule is O=C(NCc1ccccc1)c1ccc(Nc2ccnc(-c3ccccc3)n2)cc1. The van der Waals surface area contributed by atoms with E-state index in [0.29, 0.717) is 23.8 Å². The van der Waals surface area contributed by atoms with Gasteiger partial charge in [0.05, 0.1) is 0 Å². The van der Waals surface area contributed by atoms with Gasteiger partial charge in [-0.2, -0.15) is 0 Å². The first-order valence-corrected chi connectivity index (χ1v) is 9.35. The Bertz CT molecular complexity index is 1080. The number of benzene rings is 3. The smallest absolute Gasteiger partial charge is 0.251 e. The van der Waals surface area contributed by atoms with Gasteiger partial charge in [-0.3, -0.25) is 4.79 Å². The van der Waals surface area contributed by atoms with Gasteiger partial charge in [0.1, 0.15) is 5.82 Å². The molecule has 4 aromatic rings. The van der Waals surface area contributed by atoms with Crippen LogP contribution in [0.1, 0.15) is 15.9 Å². The highest BCUT2D eigenvalue weighted by Gasteiger charge is 2.06. The third kappa shape index (κ3) is 4.84. The second kappa shape index (κ2) is 8.80. The molecule has 2 N–H and O–H groups in total. The minimum Gasteiger partial charge on any atom is -0.348 e. The Labute approximate surface area is 169 Å². The third-order valence-corrected chi connectivity index (χ3v) is 4.40. The van der Waals surface area contributed by atoms with E-state index in [1.54, 1.807) is 18.3 Å². The zero-order chi connectivity index (χ0) is 19.9. The van der Waals surface area contributed by atoms with Gasteiger partial charge in [0, 0.05) is 29.6 Å². The van der Waals surface area contributed by atoms with Crippen LogP contribution in [0, 0.1) is 0 Å². The Balaban J connectivity index is 1.40. The maximum Gasteiger partial charge on any atom is 0.251 e. The topological polar surface area (TPSA) is 66.9 Å². The fourth-order valence-corrected chi connectivity index (χ4v) is 2.89. The van der Waals surface area contributed by atoms with Gasteiger partial charge in [-0.25, -0.2) is 9.97 Å². The van der Waals surface area contributed by atoms with Gasteiger partial charge in [0.25, 0.3) is 5.91 Å². The van der Waals surface area contributed by atoms with Crippen molar-refractivity contribution in [3.05, 3.63) is 108 Å². The predicted molar refractivity (Wildman–Crippen MR) is 115 cm³/mol. The number of nitrogens with zero attached hydrogens (tertiary/aromatic N) is 2. The van der Waals surface area contributed by atoms with Crippen LogP contribution in [0.5, 0.6) is 0 Å². The van der Waals surface area contributed by atoms with Crippen molar-refractivity contribution in [2.75, 3.05) is 5.32 Å². The molecular formula is C24H20N4O. The zero-order valence-corrected chi connectivity index (χ0v) is 15.7. The van der Waals surface area contributed by atoms with Crippen molar-refractivity contribution >= 4 is 17.4 Å². The summed E-state index contributed by atoms with van der Waals surface area (Å²) in [5.74, 6) is 1.25. The van der Waals surface area contributed by atoms with Crippen LogP contribution in [0.15, 0.2) is 97.2 Å². The summed E-state index contributed by atoms with van der Waals surface area (Å²) >= 11 is 0. The van der Waals surface area contributed by atoms with E-state index in [9.17, 15) is 4.79 Å². The van der Waals surface area contributed by atoms with Gasteiger partial charge < -0.3 is 10.6 Å². The molecule has 1 heterocycles. The molecule has 0 radical (unpaired) electrons. The number of aromatic nitrogens is 2. The first kappa shape index (κ1) is 18.4. The maximum atomic E-state index is 12.3. The Morgan fingerprint density at radius 3 is 2.21 bits per heavy atom. The van der Waals surface area contributed by atoms with E-state index < -0.39 is 0 Å². The first-order valence-electron chi connectivity index (χ1n) is 9.35. The minimum absolute atomic E-state index is 0.103. The second-order valence-corrected chi connectivity index (χ2v) is 6.50. The van der Waals surface area contributed by atoms with Gasteiger partial charge in [-0.15, -0.1) is 0 Å². The molecule has 0 aliphatic rings. The maximum absolute atomic E-state index is 12.3. The van der Waals surface area contributed by atoms with E-state index in [0.717, 1.165) is 16.8 Å². The van der Waals surface area contributed by atoms with Crippen LogP contribution in [0.2, 0.25) is 0 Å². The summed E-state index contributed by atoms with van der Waals surface area (Å²) in [4.78, 5) is 21.2. The highest BCUT2D eigenvalue weighted by Crippen LogP contribution is 2.19. The third-order valence-electron chi connectivity index (χ3n) is 4.40. The van der Waals surface area contributed by atoms with Crippen molar-refractivity contribution in [1.82, 2.24) is 15.3 Å². The van der Waals surface area contributed by atoms with E-state index in [-0.39, 0.29) is 5.91 Å². The van der Waals surface area contributed by atoms with Crippen molar-refractivity contribution in [1.29, 1.82) is 0 Å². The summed E-state index contributed by atoms with van der Waals surface area (Å²) in [6.07, 6.45) is 1.73. The molecule has 0 spiro atoms. The number of hydrogen-bond donors (Lipinski definition) is 2. The number of hydrogen-bond acceptors (Lipinski definition) is 4. The van der Waals surface area contributed by atoms with E-state index >= 15 is 0 Å². The molecule has 5 heteroatoms. The average Bonchev–Trinajstić information content (AvgIpc) is 2.79. The molecular weight excluding hydrogens is 360 g/mol. The standard InChI is InChI=1S/C24H20N4O/c29-24(26-17-18-7-3-1-4-8-18)20-11-13-21(14-12-20)27-22-15-16-25-23(28-22)19-9-5-2-6-10-19/h1-16H,17H2,(H,26,29)(H,25,27,28). The van der Waals surface area contributed by atoms with Crippen LogP contribution >= 0.6 is 0 Å². The van der Waals surface area contributed by atoms with Gasteiger partial charge in [0.2, 0.25) is 0 Å². The number of rotatable bonds is 6. The quantitative estimate of drug-likeness (QED) is 0.503. The second-order valence-electron chi connectivity index (χ2n) is 6.50. The van der Waals surface area contributed by atoms with E-state index in [1.165, 1.54) is 0 Å². The lowest BCUT2D eigenvalue weighted by atomic mass is 10.1. The summed E-state index contributed by atoms with van der Waals surface area (Å²) in [7, 11) is 0. The van der Waals surface area contributed by atoms with Crippen molar-refractivity contribution < 1.29 is 4.79 Å². The van der Waals surface area contributed by atoms with Crippen LogP contribution in [0.3, 0.4) is 0 Å². The highest BCUT2D eigenvalue weighted by atomic mass is 16.1. The summed E-state index contributed by atoms with van der Waals surface area (Å²) < 4.78 is 0. The van der Waals surface area contributed by atoms with Crippen LogP contribution in [0.25, 0.3) is 11.4 Å². The lowest BCUT2D eigenvalue weighted by Gasteiger charge is -2.09. The fourth-order valence-electron chi connectivity index (χ4n) is 2.89. The Morgan fingerprint density at radius 1 is 0.793 bits per heavy atom.